The lowest BCUT2D eigenvalue weighted by Gasteiger charge is -2.25. The lowest BCUT2D eigenvalue weighted by Crippen LogP contribution is -2.29. The van der Waals surface area contributed by atoms with Crippen molar-refractivity contribution in [1.82, 2.24) is 14.9 Å². The van der Waals surface area contributed by atoms with Crippen molar-refractivity contribution in [2.45, 2.75) is 77.2 Å². The molecular formula is C25H37N3. The van der Waals surface area contributed by atoms with E-state index in [0.717, 1.165) is 24.8 Å². The third-order valence-corrected chi connectivity index (χ3v) is 6.41. The molecule has 0 radical (unpaired) electrons. The third-order valence-electron chi connectivity index (χ3n) is 6.41. The molecule has 1 aliphatic rings. The molecule has 0 amide bonds. The Morgan fingerprint density at radius 1 is 0.964 bits per heavy atom. The van der Waals surface area contributed by atoms with Crippen LogP contribution in [-0.2, 0) is 12.8 Å². The summed E-state index contributed by atoms with van der Waals surface area (Å²) in [6, 6.07) is 9.37. The van der Waals surface area contributed by atoms with E-state index in [9.17, 15) is 0 Å². The molecule has 0 saturated carbocycles. The SMILES string of the molecule is CCN1CCC[C@H]1CCC(CCCc1cccnc1)CCCc1cccnc1. The lowest BCUT2D eigenvalue weighted by atomic mass is 9.88. The van der Waals surface area contributed by atoms with E-state index in [2.05, 4.69) is 46.1 Å². The van der Waals surface area contributed by atoms with Crippen LogP contribution >= 0.6 is 0 Å². The normalized spacial score (nSPS) is 17.4. The second-order valence-electron chi connectivity index (χ2n) is 8.38. The van der Waals surface area contributed by atoms with Gasteiger partial charge in [0.05, 0.1) is 0 Å². The fraction of sp³-hybridized carbons (Fsp3) is 0.600. The van der Waals surface area contributed by atoms with Gasteiger partial charge in [0.25, 0.3) is 0 Å². The second-order valence-corrected chi connectivity index (χ2v) is 8.38. The number of rotatable bonds is 12. The van der Waals surface area contributed by atoms with Gasteiger partial charge in [-0.15, -0.1) is 0 Å². The van der Waals surface area contributed by atoms with Crippen LogP contribution in [0.5, 0.6) is 0 Å². The number of hydrogen-bond acceptors (Lipinski definition) is 3. The summed E-state index contributed by atoms with van der Waals surface area (Å²) >= 11 is 0. The number of hydrogen-bond donors (Lipinski definition) is 0. The Morgan fingerprint density at radius 2 is 1.61 bits per heavy atom. The fourth-order valence-corrected chi connectivity index (χ4v) is 4.78. The van der Waals surface area contributed by atoms with Crippen LogP contribution in [0.15, 0.2) is 49.1 Å². The fourth-order valence-electron chi connectivity index (χ4n) is 4.78. The van der Waals surface area contributed by atoms with E-state index >= 15 is 0 Å². The van der Waals surface area contributed by atoms with Crippen LogP contribution in [0, 0.1) is 5.92 Å². The molecule has 0 aliphatic carbocycles. The molecule has 0 unspecified atom stereocenters. The Kier molecular flexibility index (Phi) is 8.96. The maximum atomic E-state index is 4.26. The highest BCUT2D eigenvalue weighted by Crippen LogP contribution is 2.27. The molecule has 28 heavy (non-hydrogen) atoms. The van der Waals surface area contributed by atoms with E-state index in [4.69, 9.17) is 0 Å². The number of aryl methyl sites for hydroxylation is 2. The molecule has 3 rings (SSSR count). The summed E-state index contributed by atoms with van der Waals surface area (Å²) < 4.78 is 0. The average Bonchev–Trinajstić information content (AvgIpc) is 3.21. The van der Waals surface area contributed by atoms with Gasteiger partial charge in [-0.2, -0.15) is 0 Å². The molecule has 0 bridgehead atoms. The Morgan fingerprint density at radius 3 is 2.14 bits per heavy atom. The van der Waals surface area contributed by atoms with Crippen LogP contribution in [0.3, 0.4) is 0 Å². The number of pyridine rings is 2. The number of likely N-dealkylation sites (tertiary alicyclic amines) is 1. The van der Waals surface area contributed by atoms with Gasteiger partial charge in [0.15, 0.2) is 0 Å². The summed E-state index contributed by atoms with van der Waals surface area (Å²) in [5.74, 6) is 0.854. The molecule has 1 atom stereocenters. The average molecular weight is 380 g/mol. The molecule has 3 heterocycles. The zero-order chi connectivity index (χ0) is 19.4. The first-order valence-corrected chi connectivity index (χ1v) is 11.4. The van der Waals surface area contributed by atoms with Crippen LogP contribution in [-0.4, -0.2) is 34.0 Å². The summed E-state index contributed by atoms with van der Waals surface area (Å²) in [6.45, 7) is 4.85. The number of aromatic nitrogens is 2. The first-order chi connectivity index (χ1) is 13.8. The van der Waals surface area contributed by atoms with Crippen LogP contribution in [0.25, 0.3) is 0 Å². The van der Waals surface area contributed by atoms with Gasteiger partial charge in [-0.05, 0) is 93.6 Å². The van der Waals surface area contributed by atoms with Gasteiger partial charge in [-0.25, -0.2) is 0 Å². The maximum Gasteiger partial charge on any atom is 0.0299 e. The van der Waals surface area contributed by atoms with Crippen molar-refractivity contribution in [2.75, 3.05) is 13.1 Å². The van der Waals surface area contributed by atoms with E-state index < -0.39 is 0 Å². The highest BCUT2D eigenvalue weighted by Gasteiger charge is 2.23. The summed E-state index contributed by atoms with van der Waals surface area (Å²) in [5.41, 5.74) is 2.76. The van der Waals surface area contributed by atoms with Crippen molar-refractivity contribution >= 4 is 0 Å². The predicted molar refractivity (Wildman–Crippen MR) is 117 cm³/mol. The van der Waals surface area contributed by atoms with Crippen molar-refractivity contribution < 1.29 is 0 Å². The minimum absolute atomic E-state index is 0.837. The molecular weight excluding hydrogens is 342 g/mol. The van der Waals surface area contributed by atoms with Gasteiger partial charge >= 0.3 is 0 Å². The summed E-state index contributed by atoms with van der Waals surface area (Å²) in [6.07, 6.45) is 21.0. The smallest absolute Gasteiger partial charge is 0.0299 e. The molecule has 1 saturated heterocycles. The van der Waals surface area contributed by atoms with Gasteiger partial charge in [-0.3, -0.25) is 9.97 Å². The first kappa shape index (κ1) is 21.0. The molecule has 0 aromatic carbocycles. The zero-order valence-corrected chi connectivity index (χ0v) is 17.6. The van der Waals surface area contributed by atoms with Gasteiger partial charge in [-0.1, -0.05) is 31.9 Å². The van der Waals surface area contributed by atoms with Crippen molar-refractivity contribution in [1.29, 1.82) is 0 Å². The van der Waals surface area contributed by atoms with Crippen LogP contribution in [0.1, 0.15) is 69.4 Å². The predicted octanol–water partition coefficient (Wildman–Crippen LogP) is 5.70. The standard InChI is InChI=1S/C25H37N3/c1-2-28-19-7-14-25(28)16-15-22(8-3-10-23-12-5-17-26-20-23)9-4-11-24-13-6-18-27-21-24/h5-6,12-13,17-18,20-22,25H,2-4,7-11,14-16,19H2,1H3/t25-/m0/s1. The highest BCUT2D eigenvalue weighted by molar-refractivity contribution is 5.09. The van der Waals surface area contributed by atoms with Crippen molar-refractivity contribution in [3.8, 4) is 0 Å². The monoisotopic (exact) mass is 379 g/mol. The van der Waals surface area contributed by atoms with Crippen LogP contribution < -0.4 is 0 Å². The van der Waals surface area contributed by atoms with E-state index in [1.165, 1.54) is 75.6 Å². The molecule has 2 aromatic heterocycles. The molecule has 3 nitrogen and oxygen atoms in total. The van der Waals surface area contributed by atoms with Gasteiger partial charge in [0, 0.05) is 30.8 Å². The minimum Gasteiger partial charge on any atom is -0.301 e. The molecule has 2 aromatic rings. The maximum absolute atomic E-state index is 4.26. The van der Waals surface area contributed by atoms with E-state index in [0.29, 0.717) is 0 Å². The topological polar surface area (TPSA) is 29.0 Å². The second kappa shape index (κ2) is 12.0. The Labute approximate surface area is 171 Å². The van der Waals surface area contributed by atoms with Crippen molar-refractivity contribution in [3.63, 3.8) is 0 Å². The van der Waals surface area contributed by atoms with Crippen molar-refractivity contribution in [2.24, 2.45) is 5.92 Å². The molecule has 1 fully saturated rings. The lowest BCUT2D eigenvalue weighted by molar-refractivity contribution is 0.235. The van der Waals surface area contributed by atoms with Gasteiger partial charge < -0.3 is 4.90 Å². The largest absolute Gasteiger partial charge is 0.301 e. The minimum atomic E-state index is 0.837. The van der Waals surface area contributed by atoms with E-state index in [-0.39, 0.29) is 0 Å². The first-order valence-electron chi connectivity index (χ1n) is 11.4. The summed E-state index contributed by atoms with van der Waals surface area (Å²) in [5, 5.41) is 0. The highest BCUT2D eigenvalue weighted by atomic mass is 15.2. The van der Waals surface area contributed by atoms with Crippen molar-refractivity contribution in [3.05, 3.63) is 60.2 Å². The van der Waals surface area contributed by atoms with Gasteiger partial charge in [0.2, 0.25) is 0 Å². The van der Waals surface area contributed by atoms with Gasteiger partial charge in [0.1, 0.15) is 0 Å². The molecule has 3 heteroatoms. The summed E-state index contributed by atoms with van der Waals surface area (Å²) in [7, 11) is 0. The molecule has 152 valence electrons. The number of nitrogens with zero attached hydrogens (tertiary/aromatic N) is 3. The zero-order valence-electron chi connectivity index (χ0n) is 17.6. The van der Waals surface area contributed by atoms with E-state index in [1.54, 1.807) is 0 Å². The summed E-state index contributed by atoms with van der Waals surface area (Å²) in [4.78, 5) is 11.2. The molecule has 0 N–H and O–H groups in total. The molecule has 1 aliphatic heterocycles. The Balaban J connectivity index is 1.45. The quantitative estimate of drug-likeness (QED) is 0.473. The Bertz CT molecular complexity index is 598. The Hall–Kier alpha value is -1.74. The van der Waals surface area contributed by atoms with E-state index in [1.807, 2.05) is 24.8 Å². The molecule has 0 spiro atoms. The van der Waals surface area contributed by atoms with Crippen LogP contribution in [0.4, 0.5) is 0 Å². The third kappa shape index (κ3) is 7.01. The van der Waals surface area contributed by atoms with Crippen LogP contribution in [0.2, 0.25) is 0 Å².